The maximum absolute atomic E-state index is 3.93. The van der Waals surface area contributed by atoms with E-state index in [1.807, 2.05) is 0 Å². The summed E-state index contributed by atoms with van der Waals surface area (Å²) in [7, 11) is -1.49. The zero-order valence-corrected chi connectivity index (χ0v) is 28.4. The van der Waals surface area contributed by atoms with E-state index >= 15 is 0 Å². The summed E-state index contributed by atoms with van der Waals surface area (Å²) in [6, 6.07) is 0. The molecule has 0 bridgehead atoms. The molecule has 2 nitrogen and oxygen atoms in total. The SMILES string of the molecule is CCN(C(C)(C)C)[Si](C)(C)C1CC(CCC2CCC(CNC(C)(C)C)C3(CCCCC3)C2)C2CCCCC21. The fourth-order valence-electron chi connectivity index (χ4n) is 10.9. The topological polar surface area (TPSA) is 15.3 Å². The molecule has 0 heterocycles. The highest BCUT2D eigenvalue weighted by Crippen LogP contribution is 2.59. The summed E-state index contributed by atoms with van der Waals surface area (Å²) in [4.78, 5) is 0. The molecule has 4 aliphatic carbocycles. The first-order valence-electron chi connectivity index (χ1n) is 17.3. The van der Waals surface area contributed by atoms with Gasteiger partial charge in [-0.15, -0.1) is 0 Å². The molecule has 0 amide bonds. The van der Waals surface area contributed by atoms with Crippen molar-refractivity contribution in [1.29, 1.82) is 0 Å². The molecular weight excluding hydrogens is 476 g/mol. The molecule has 4 aliphatic rings. The van der Waals surface area contributed by atoms with Crippen LogP contribution in [0.1, 0.15) is 145 Å². The van der Waals surface area contributed by atoms with E-state index in [9.17, 15) is 0 Å². The van der Waals surface area contributed by atoms with Crippen LogP contribution in [0.3, 0.4) is 0 Å². The molecule has 0 saturated heterocycles. The average molecular weight is 545 g/mol. The Morgan fingerprint density at radius 2 is 1.47 bits per heavy atom. The summed E-state index contributed by atoms with van der Waals surface area (Å²) >= 11 is 0. The van der Waals surface area contributed by atoms with E-state index in [2.05, 4.69) is 71.4 Å². The molecule has 0 aromatic carbocycles. The average Bonchev–Trinajstić information content (AvgIpc) is 3.21. The first-order chi connectivity index (χ1) is 17.8. The molecule has 4 rings (SSSR count). The van der Waals surface area contributed by atoms with Gasteiger partial charge in [0.05, 0.1) is 0 Å². The molecule has 4 fully saturated rings. The van der Waals surface area contributed by atoms with Gasteiger partial charge >= 0.3 is 0 Å². The minimum absolute atomic E-state index is 0.250. The van der Waals surface area contributed by atoms with Crippen LogP contribution < -0.4 is 5.32 Å². The van der Waals surface area contributed by atoms with Crippen LogP contribution >= 0.6 is 0 Å². The lowest BCUT2D eigenvalue weighted by molar-refractivity contribution is 0.0122. The molecule has 0 aliphatic heterocycles. The normalized spacial score (nSPS) is 34.6. The minimum Gasteiger partial charge on any atom is -0.319 e. The molecule has 6 atom stereocenters. The second kappa shape index (κ2) is 12.2. The van der Waals surface area contributed by atoms with Crippen LogP contribution in [0.25, 0.3) is 0 Å². The van der Waals surface area contributed by atoms with Crippen LogP contribution in [-0.4, -0.2) is 37.0 Å². The summed E-state index contributed by atoms with van der Waals surface area (Å²) in [5, 5.41) is 3.93. The van der Waals surface area contributed by atoms with E-state index in [1.54, 1.807) is 38.5 Å². The van der Waals surface area contributed by atoms with E-state index in [0.29, 0.717) is 11.0 Å². The van der Waals surface area contributed by atoms with Gasteiger partial charge in [0.2, 0.25) is 0 Å². The zero-order valence-electron chi connectivity index (χ0n) is 27.4. The third-order valence-corrected chi connectivity index (χ3v) is 17.3. The number of nitrogens with one attached hydrogen (secondary N) is 1. The van der Waals surface area contributed by atoms with Gasteiger partial charge in [-0.1, -0.05) is 71.4 Å². The second-order valence-electron chi connectivity index (χ2n) is 17.3. The van der Waals surface area contributed by atoms with Crippen LogP contribution in [0.4, 0.5) is 0 Å². The smallest absolute Gasteiger partial charge is 0.126 e. The Hall–Kier alpha value is 0.137. The highest BCUT2D eigenvalue weighted by Gasteiger charge is 2.53. The molecule has 38 heavy (non-hydrogen) atoms. The van der Waals surface area contributed by atoms with Crippen molar-refractivity contribution >= 4 is 8.24 Å². The largest absolute Gasteiger partial charge is 0.319 e. The lowest BCUT2D eigenvalue weighted by Gasteiger charge is -2.50. The predicted molar refractivity (Wildman–Crippen MR) is 170 cm³/mol. The van der Waals surface area contributed by atoms with Crippen molar-refractivity contribution in [2.24, 2.45) is 35.0 Å². The number of hydrogen-bond donors (Lipinski definition) is 1. The van der Waals surface area contributed by atoms with Gasteiger partial charge in [-0.05, 0) is 140 Å². The highest BCUT2D eigenvalue weighted by molar-refractivity contribution is 6.76. The summed E-state index contributed by atoms with van der Waals surface area (Å²) in [6.45, 7) is 24.9. The van der Waals surface area contributed by atoms with Crippen molar-refractivity contribution in [3.05, 3.63) is 0 Å². The first-order valence-corrected chi connectivity index (χ1v) is 20.3. The Balaban J connectivity index is 1.42. The highest BCUT2D eigenvalue weighted by atomic mass is 28.3. The van der Waals surface area contributed by atoms with Crippen molar-refractivity contribution in [3.8, 4) is 0 Å². The Morgan fingerprint density at radius 3 is 2.08 bits per heavy atom. The third-order valence-electron chi connectivity index (χ3n) is 12.4. The summed E-state index contributed by atoms with van der Waals surface area (Å²) in [5.74, 6) is 5.04. The van der Waals surface area contributed by atoms with E-state index < -0.39 is 8.24 Å². The predicted octanol–water partition coefficient (Wildman–Crippen LogP) is 10.0. The van der Waals surface area contributed by atoms with Crippen molar-refractivity contribution in [1.82, 2.24) is 9.88 Å². The summed E-state index contributed by atoms with van der Waals surface area (Å²) in [6.07, 6.45) is 22.8. The lowest BCUT2D eigenvalue weighted by atomic mass is 9.56. The molecule has 222 valence electrons. The van der Waals surface area contributed by atoms with Crippen LogP contribution in [-0.2, 0) is 0 Å². The third kappa shape index (κ3) is 6.95. The maximum atomic E-state index is 3.93. The molecule has 1 N–H and O–H groups in total. The standard InChI is InChI=1S/C35H68N2Si/c1-10-37(34(5,6)7)38(8,9)32-24-28(30-16-12-13-17-31(30)32)20-18-27-19-21-29(26-36-33(2,3)4)35(25-27)22-14-11-15-23-35/h27-32,36H,10-26H2,1-9H3. The maximum Gasteiger partial charge on any atom is 0.126 e. The number of nitrogens with zero attached hydrogens (tertiary/aromatic N) is 1. The van der Waals surface area contributed by atoms with Gasteiger partial charge in [-0.3, -0.25) is 0 Å². The van der Waals surface area contributed by atoms with Crippen molar-refractivity contribution < 1.29 is 0 Å². The van der Waals surface area contributed by atoms with Crippen LogP contribution in [0.5, 0.6) is 0 Å². The lowest BCUT2D eigenvalue weighted by Crippen LogP contribution is -2.60. The molecule has 1 spiro atoms. The number of fused-ring (bicyclic) bond motifs is 1. The van der Waals surface area contributed by atoms with Gasteiger partial charge in [-0.2, -0.15) is 0 Å². The van der Waals surface area contributed by atoms with Crippen LogP contribution in [0, 0.1) is 35.0 Å². The van der Waals surface area contributed by atoms with E-state index in [0.717, 1.165) is 35.1 Å². The van der Waals surface area contributed by atoms with Crippen molar-refractivity contribution in [2.45, 2.75) is 174 Å². The zero-order chi connectivity index (χ0) is 27.8. The first kappa shape index (κ1) is 31.1. The van der Waals surface area contributed by atoms with E-state index in [1.165, 1.54) is 70.9 Å². The number of hydrogen-bond acceptors (Lipinski definition) is 2. The number of rotatable bonds is 8. The van der Waals surface area contributed by atoms with Crippen molar-refractivity contribution in [2.75, 3.05) is 13.1 Å². The molecule has 4 saturated carbocycles. The van der Waals surface area contributed by atoms with Gasteiger partial charge in [0.25, 0.3) is 0 Å². The Morgan fingerprint density at radius 1 is 0.816 bits per heavy atom. The Bertz CT molecular complexity index is 740. The van der Waals surface area contributed by atoms with Gasteiger partial charge in [0.15, 0.2) is 0 Å². The van der Waals surface area contributed by atoms with Gasteiger partial charge in [0, 0.05) is 11.1 Å². The summed E-state index contributed by atoms with van der Waals surface area (Å²) in [5.41, 5.74) is 2.23. The molecule has 0 aromatic rings. The van der Waals surface area contributed by atoms with Gasteiger partial charge < -0.3 is 9.88 Å². The Kier molecular flexibility index (Phi) is 9.95. The monoisotopic (exact) mass is 545 g/mol. The Labute approximate surface area is 240 Å². The van der Waals surface area contributed by atoms with Gasteiger partial charge in [-0.25, -0.2) is 0 Å². The molecule has 6 unspecified atom stereocenters. The van der Waals surface area contributed by atoms with Crippen molar-refractivity contribution in [3.63, 3.8) is 0 Å². The fraction of sp³-hybridized carbons (Fsp3) is 1.00. The molecule has 0 radical (unpaired) electrons. The van der Waals surface area contributed by atoms with E-state index in [-0.39, 0.29) is 5.54 Å². The minimum atomic E-state index is -1.49. The molecule has 3 heteroatoms. The second-order valence-corrected chi connectivity index (χ2v) is 21.8. The van der Waals surface area contributed by atoms with Gasteiger partial charge in [0.1, 0.15) is 8.24 Å². The molecular formula is C35H68N2Si. The van der Waals surface area contributed by atoms with Crippen LogP contribution in [0.15, 0.2) is 0 Å². The quantitative estimate of drug-likeness (QED) is 0.306. The fourth-order valence-corrected chi connectivity index (χ4v) is 16.2. The van der Waals surface area contributed by atoms with Crippen LogP contribution in [0.2, 0.25) is 18.6 Å². The summed E-state index contributed by atoms with van der Waals surface area (Å²) < 4.78 is 2.98. The molecule has 0 aromatic heterocycles. The van der Waals surface area contributed by atoms with E-state index in [4.69, 9.17) is 0 Å².